The Hall–Kier alpha value is -0.470. The highest BCUT2D eigenvalue weighted by atomic mass is 35.5. The Labute approximate surface area is 75.1 Å². The van der Waals surface area contributed by atoms with Crippen molar-refractivity contribution in [3.8, 4) is 0 Å². The quantitative estimate of drug-likeness (QED) is 0.700. The zero-order valence-corrected chi connectivity index (χ0v) is 7.27. The smallest absolute Gasteiger partial charge is 0.303 e. The topological polar surface area (TPSA) is 37.3 Å². The van der Waals surface area contributed by atoms with Crippen LogP contribution in [0, 0.1) is 0 Å². The summed E-state index contributed by atoms with van der Waals surface area (Å²) in [5, 5.41) is 8.22. The first-order chi connectivity index (χ1) is 5.13. The van der Waals surface area contributed by atoms with E-state index >= 15 is 0 Å². The lowest BCUT2D eigenvalue weighted by Crippen LogP contribution is -1.91. The molecule has 0 aliphatic heterocycles. The molecule has 0 aromatic heterocycles. The lowest BCUT2D eigenvalue weighted by Gasteiger charge is -1.84. The molecular weight excluding hydrogens is 187 g/mol. The van der Waals surface area contributed by atoms with Crippen molar-refractivity contribution in [2.24, 2.45) is 0 Å². The van der Waals surface area contributed by atoms with Crippen LogP contribution in [-0.2, 0) is 4.79 Å². The molecule has 0 saturated carbocycles. The van der Waals surface area contributed by atoms with Gasteiger partial charge in [0.15, 0.2) is 0 Å². The van der Waals surface area contributed by atoms with Crippen LogP contribution < -0.4 is 0 Å². The number of allylic oxidation sites excluding steroid dienone is 3. The van der Waals surface area contributed by atoms with Gasteiger partial charge in [-0.25, -0.2) is 0 Å². The number of hydrogen-bond donors (Lipinski definition) is 1. The number of aliphatic carboxylic acids is 1. The molecule has 0 aromatic rings. The summed E-state index contributed by atoms with van der Waals surface area (Å²) in [5.41, 5.74) is 0. The number of carbonyl (C=O) groups is 1. The van der Waals surface area contributed by atoms with Gasteiger partial charge in [-0.3, -0.25) is 4.79 Å². The number of rotatable bonds is 4. The third kappa shape index (κ3) is 9.53. The molecule has 0 heterocycles. The molecule has 11 heavy (non-hydrogen) atoms. The molecule has 0 saturated heterocycles. The highest BCUT2D eigenvalue weighted by Gasteiger charge is 1.90. The zero-order valence-electron chi connectivity index (χ0n) is 5.76. The van der Waals surface area contributed by atoms with Crippen molar-refractivity contribution in [1.29, 1.82) is 0 Å². The van der Waals surface area contributed by atoms with E-state index < -0.39 is 5.97 Å². The van der Waals surface area contributed by atoms with E-state index in [0.29, 0.717) is 6.42 Å². The minimum absolute atomic E-state index is 0.129. The van der Waals surface area contributed by atoms with Gasteiger partial charge in [0.25, 0.3) is 0 Å². The van der Waals surface area contributed by atoms with Gasteiger partial charge in [0.05, 0.1) is 0 Å². The van der Waals surface area contributed by atoms with Gasteiger partial charge in [-0.15, -0.1) is 0 Å². The predicted octanol–water partition coefficient (Wildman–Crippen LogP) is 2.73. The Morgan fingerprint density at radius 2 is 2.09 bits per heavy atom. The molecule has 4 heteroatoms. The largest absolute Gasteiger partial charge is 0.481 e. The van der Waals surface area contributed by atoms with Crippen molar-refractivity contribution < 1.29 is 9.90 Å². The summed E-state index contributed by atoms with van der Waals surface area (Å²) in [6.45, 7) is 0. The molecule has 2 nitrogen and oxygen atoms in total. The van der Waals surface area contributed by atoms with Crippen LogP contribution in [0.1, 0.15) is 12.8 Å². The van der Waals surface area contributed by atoms with E-state index in [9.17, 15) is 4.79 Å². The number of carboxylic acid groups (broad SMARTS) is 1. The summed E-state index contributed by atoms with van der Waals surface area (Å²) in [4.78, 5) is 9.99. The summed E-state index contributed by atoms with van der Waals surface area (Å²) in [7, 11) is 0. The maximum Gasteiger partial charge on any atom is 0.303 e. The summed E-state index contributed by atoms with van der Waals surface area (Å²) >= 11 is 10.6. The van der Waals surface area contributed by atoms with Gasteiger partial charge in [0.1, 0.15) is 4.49 Å². The normalized spacial score (nSPS) is 10.0. The second kappa shape index (κ2) is 6.25. The maximum absolute atomic E-state index is 9.99. The first-order valence-corrected chi connectivity index (χ1v) is 3.78. The predicted molar refractivity (Wildman–Crippen MR) is 45.8 cm³/mol. The highest BCUT2D eigenvalue weighted by Crippen LogP contribution is 2.05. The van der Waals surface area contributed by atoms with E-state index in [0.717, 1.165) is 0 Å². The summed E-state index contributed by atoms with van der Waals surface area (Å²) in [6, 6.07) is 0. The molecule has 0 bridgehead atoms. The van der Waals surface area contributed by atoms with Gasteiger partial charge in [-0.1, -0.05) is 35.4 Å². The van der Waals surface area contributed by atoms with Crippen LogP contribution in [0.15, 0.2) is 22.7 Å². The molecule has 0 atom stereocenters. The highest BCUT2D eigenvalue weighted by molar-refractivity contribution is 6.55. The minimum Gasteiger partial charge on any atom is -0.481 e. The average molecular weight is 195 g/mol. The fourth-order valence-corrected chi connectivity index (χ4v) is 0.589. The van der Waals surface area contributed by atoms with Crippen molar-refractivity contribution in [1.82, 2.24) is 0 Å². The standard InChI is InChI=1S/C7H8Cl2O2/c8-6(9)4-2-1-3-5-7(10)11/h1-2,4H,3,5H2,(H,10,11). The van der Waals surface area contributed by atoms with E-state index in [-0.39, 0.29) is 10.9 Å². The molecule has 0 aromatic carbocycles. The van der Waals surface area contributed by atoms with Crippen LogP contribution in [0.5, 0.6) is 0 Å². The molecule has 0 spiro atoms. The molecule has 0 fully saturated rings. The number of carboxylic acids is 1. The molecule has 0 amide bonds. The summed E-state index contributed by atoms with van der Waals surface area (Å²) < 4.78 is 0.163. The molecule has 1 N–H and O–H groups in total. The Balaban J connectivity index is 3.46. The van der Waals surface area contributed by atoms with Crippen molar-refractivity contribution >= 4 is 29.2 Å². The summed E-state index contributed by atoms with van der Waals surface area (Å²) in [5.74, 6) is -0.810. The van der Waals surface area contributed by atoms with Crippen LogP contribution in [0.4, 0.5) is 0 Å². The Kier molecular flexibility index (Phi) is 5.99. The molecule has 0 aliphatic carbocycles. The minimum atomic E-state index is -0.810. The monoisotopic (exact) mass is 194 g/mol. The average Bonchev–Trinajstić information content (AvgIpc) is 1.85. The van der Waals surface area contributed by atoms with E-state index in [1.54, 1.807) is 12.2 Å². The van der Waals surface area contributed by atoms with Crippen LogP contribution >= 0.6 is 23.2 Å². The van der Waals surface area contributed by atoms with Crippen LogP contribution in [0.2, 0.25) is 0 Å². The molecular formula is C7H8Cl2O2. The van der Waals surface area contributed by atoms with Gasteiger partial charge in [0, 0.05) is 6.42 Å². The van der Waals surface area contributed by atoms with Gasteiger partial charge < -0.3 is 5.11 Å². The van der Waals surface area contributed by atoms with E-state index in [2.05, 4.69) is 0 Å². The van der Waals surface area contributed by atoms with Crippen LogP contribution in [0.25, 0.3) is 0 Å². The van der Waals surface area contributed by atoms with E-state index in [4.69, 9.17) is 28.3 Å². The Morgan fingerprint density at radius 1 is 1.45 bits per heavy atom. The lowest BCUT2D eigenvalue weighted by atomic mass is 10.3. The van der Waals surface area contributed by atoms with Gasteiger partial charge in [0.2, 0.25) is 0 Å². The Morgan fingerprint density at radius 3 is 2.55 bits per heavy atom. The van der Waals surface area contributed by atoms with Gasteiger partial charge >= 0.3 is 5.97 Å². The van der Waals surface area contributed by atoms with Crippen molar-refractivity contribution in [3.05, 3.63) is 22.7 Å². The van der Waals surface area contributed by atoms with Gasteiger partial charge in [-0.2, -0.15) is 0 Å². The second-order valence-electron chi connectivity index (χ2n) is 1.82. The van der Waals surface area contributed by atoms with E-state index in [1.807, 2.05) is 0 Å². The van der Waals surface area contributed by atoms with Crippen molar-refractivity contribution in [2.45, 2.75) is 12.8 Å². The van der Waals surface area contributed by atoms with E-state index in [1.165, 1.54) is 6.08 Å². The molecule has 0 aliphatic rings. The third-order valence-electron chi connectivity index (χ3n) is 0.883. The first-order valence-electron chi connectivity index (χ1n) is 3.02. The number of hydrogen-bond acceptors (Lipinski definition) is 1. The van der Waals surface area contributed by atoms with Crippen LogP contribution in [0.3, 0.4) is 0 Å². The fourth-order valence-electron chi connectivity index (χ4n) is 0.444. The molecule has 0 rings (SSSR count). The van der Waals surface area contributed by atoms with Crippen LogP contribution in [-0.4, -0.2) is 11.1 Å². The Bertz CT molecular complexity index is 181. The van der Waals surface area contributed by atoms with Crippen molar-refractivity contribution in [2.75, 3.05) is 0 Å². The second-order valence-corrected chi connectivity index (χ2v) is 2.82. The maximum atomic E-state index is 9.99. The summed E-state index contributed by atoms with van der Waals surface area (Å²) in [6.07, 6.45) is 5.43. The van der Waals surface area contributed by atoms with Gasteiger partial charge in [-0.05, 0) is 12.5 Å². The fraction of sp³-hybridized carbons (Fsp3) is 0.286. The van der Waals surface area contributed by atoms with Crippen molar-refractivity contribution in [3.63, 3.8) is 0 Å². The molecule has 62 valence electrons. The molecule has 0 unspecified atom stereocenters. The first kappa shape index (κ1) is 10.5. The SMILES string of the molecule is O=C(O)CCC=CC=C(Cl)Cl. The zero-order chi connectivity index (χ0) is 8.69. The number of halogens is 2. The lowest BCUT2D eigenvalue weighted by molar-refractivity contribution is -0.136. The molecule has 0 radical (unpaired) electrons. The third-order valence-corrected chi connectivity index (χ3v) is 1.14.